The minimum atomic E-state index is 0.145. The molecule has 0 bridgehead atoms. The van der Waals surface area contributed by atoms with Gasteiger partial charge in [0, 0.05) is 25.7 Å². The zero-order chi connectivity index (χ0) is 14.7. The Balaban J connectivity index is 1.66. The van der Waals surface area contributed by atoms with Gasteiger partial charge in [-0.1, -0.05) is 0 Å². The second-order valence-electron chi connectivity index (χ2n) is 5.25. The molecule has 0 aromatic carbocycles. The average Bonchev–Trinajstić information content (AvgIpc) is 3.02. The van der Waals surface area contributed by atoms with E-state index in [9.17, 15) is 0 Å². The maximum atomic E-state index is 6.04. The Morgan fingerprint density at radius 2 is 2.24 bits per heavy atom. The summed E-state index contributed by atoms with van der Waals surface area (Å²) in [7, 11) is 1.60. The molecule has 3 rings (SSSR count). The lowest BCUT2D eigenvalue weighted by Crippen LogP contribution is -2.42. The van der Waals surface area contributed by atoms with Crippen LogP contribution in [0.5, 0.6) is 5.88 Å². The molecular formula is C15H19N3O2S. The minimum absolute atomic E-state index is 0.145. The van der Waals surface area contributed by atoms with E-state index in [1.165, 1.54) is 5.56 Å². The van der Waals surface area contributed by atoms with Gasteiger partial charge in [-0.3, -0.25) is 4.90 Å². The summed E-state index contributed by atoms with van der Waals surface area (Å²) in [5.41, 5.74) is 2.21. The average molecular weight is 305 g/mol. The molecule has 0 spiro atoms. The zero-order valence-corrected chi connectivity index (χ0v) is 13.0. The van der Waals surface area contributed by atoms with Gasteiger partial charge in [0.15, 0.2) is 0 Å². The van der Waals surface area contributed by atoms with Crippen molar-refractivity contribution in [3.8, 4) is 5.88 Å². The second kappa shape index (κ2) is 6.51. The first-order chi connectivity index (χ1) is 10.2. The summed E-state index contributed by atoms with van der Waals surface area (Å²) in [4.78, 5) is 2.37. The highest BCUT2D eigenvalue weighted by Gasteiger charge is 2.26. The van der Waals surface area contributed by atoms with Gasteiger partial charge >= 0.3 is 0 Å². The van der Waals surface area contributed by atoms with Crippen LogP contribution in [0.25, 0.3) is 0 Å². The maximum absolute atomic E-state index is 6.04. The minimum Gasteiger partial charge on any atom is -0.480 e. The Hall–Kier alpha value is -1.50. The van der Waals surface area contributed by atoms with Crippen LogP contribution in [0.15, 0.2) is 29.0 Å². The standard InChI is InChI=1S/C15H19N3O2S/c1-11-7-18(8-13-3-4-15(19-2)17-16-13)9-14(20-11)12-5-6-21-10-12/h3-6,10-11,14H,7-9H2,1-2H3/t11-,14-/m0/s1. The molecule has 1 saturated heterocycles. The highest BCUT2D eigenvalue weighted by Crippen LogP contribution is 2.27. The Bertz CT molecular complexity index is 559. The first kappa shape index (κ1) is 14.4. The van der Waals surface area contributed by atoms with Gasteiger partial charge in [-0.15, -0.1) is 5.10 Å². The molecule has 3 heterocycles. The molecule has 1 aliphatic rings. The predicted molar refractivity (Wildman–Crippen MR) is 81.5 cm³/mol. The molecule has 2 atom stereocenters. The van der Waals surface area contributed by atoms with Crippen molar-refractivity contribution < 1.29 is 9.47 Å². The van der Waals surface area contributed by atoms with E-state index in [2.05, 4.69) is 38.8 Å². The number of hydrogen-bond acceptors (Lipinski definition) is 6. The third-order valence-electron chi connectivity index (χ3n) is 3.54. The summed E-state index contributed by atoms with van der Waals surface area (Å²) >= 11 is 1.71. The molecule has 5 nitrogen and oxygen atoms in total. The third kappa shape index (κ3) is 3.58. The van der Waals surface area contributed by atoms with Crippen molar-refractivity contribution in [2.24, 2.45) is 0 Å². The van der Waals surface area contributed by atoms with Crippen LogP contribution in [0.2, 0.25) is 0 Å². The molecule has 0 N–H and O–H groups in total. The van der Waals surface area contributed by atoms with Gasteiger partial charge in [-0.2, -0.15) is 16.4 Å². The van der Waals surface area contributed by atoms with Crippen molar-refractivity contribution in [2.45, 2.75) is 25.7 Å². The fourth-order valence-corrected chi connectivity index (χ4v) is 3.28. The molecule has 1 fully saturated rings. The van der Waals surface area contributed by atoms with Gasteiger partial charge in [-0.25, -0.2) is 0 Å². The first-order valence-corrected chi connectivity index (χ1v) is 7.95. The van der Waals surface area contributed by atoms with E-state index >= 15 is 0 Å². The van der Waals surface area contributed by atoms with Crippen molar-refractivity contribution >= 4 is 11.3 Å². The van der Waals surface area contributed by atoms with Crippen LogP contribution in [0, 0.1) is 0 Å². The molecule has 0 aliphatic carbocycles. The first-order valence-electron chi connectivity index (χ1n) is 7.01. The molecule has 112 valence electrons. The molecule has 2 aromatic rings. The van der Waals surface area contributed by atoms with Crippen LogP contribution >= 0.6 is 11.3 Å². The van der Waals surface area contributed by atoms with Gasteiger partial charge < -0.3 is 9.47 Å². The summed E-state index contributed by atoms with van der Waals surface area (Å²) in [5.74, 6) is 0.547. The molecule has 0 radical (unpaired) electrons. The molecular weight excluding hydrogens is 286 g/mol. The van der Waals surface area contributed by atoms with Crippen molar-refractivity contribution in [3.05, 3.63) is 40.2 Å². The SMILES string of the molecule is COc1ccc(CN2C[C@@H](c3ccsc3)O[C@@H](C)C2)nn1. The number of ether oxygens (including phenoxy) is 2. The molecule has 1 aliphatic heterocycles. The maximum Gasteiger partial charge on any atom is 0.233 e. The topological polar surface area (TPSA) is 47.5 Å². The van der Waals surface area contributed by atoms with E-state index in [0.717, 1.165) is 25.3 Å². The zero-order valence-electron chi connectivity index (χ0n) is 12.2. The molecule has 6 heteroatoms. The summed E-state index contributed by atoms with van der Waals surface area (Å²) in [6.45, 7) is 4.69. The molecule has 2 aromatic heterocycles. The fourth-order valence-electron chi connectivity index (χ4n) is 2.58. The smallest absolute Gasteiger partial charge is 0.233 e. The quantitative estimate of drug-likeness (QED) is 0.868. The van der Waals surface area contributed by atoms with Crippen molar-refractivity contribution in [1.29, 1.82) is 0 Å². The van der Waals surface area contributed by atoms with E-state index in [-0.39, 0.29) is 12.2 Å². The summed E-state index contributed by atoms with van der Waals surface area (Å²) in [6, 6.07) is 5.95. The molecule has 21 heavy (non-hydrogen) atoms. The Morgan fingerprint density at radius 1 is 1.33 bits per heavy atom. The van der Waals surface area contributed by atoms with Gasteiger partial charge in [0.05, 0.1) is 25.0 Å². The number of aromatic nitrogens is 2. The van der Waals surface area contributed by atoms with Gasteiger partial charge in [-0.05, 0) is 35.4 Å². The van der Waals surface area contributed by atoms with Crippen molar-refractivity contribution in [2.75, 3.05) is 20.2 Å². The number of morpholine rings is 1. The lowest BCUT2D eigenvalue weighted by molar-refractivity contribution is -0.0815. The Kier molecular flexibility index (Phi) is 4.48. The number of thiophene rings is 1. The summed E-state index contributed by atoms with van der Waals surface area (Å²) < 4.78 is 11.1. The fraction of sp³-hybridized carbons (Fsp3) is 0.467. The Morgan fingerprint density at radius 3 is 2.90 bits per heavy atom. The number of hydrogen-bond donors (Lipinski definition) is 0. The van der Waals surface area contributed by atoms with Gasteiger partial charge in [0.25, 0.3) is 0 Å². The highest BCUT2D eigenvalue weighted by atomic mass is 32.1. The van der Waals surface area contributed by atoms with E-state index in [1.54, 1.807) is 18.4 Å². The number of methoxy groups -OCH3 is 1. The third-order valence-corrected chi connectivity index (χ3v) is 4.24. The van der Waals surface area contributed by atoms with E-state index < -0.39 is 0 Å². The van der Waals surface area contributed by atoms with Gasteiger partial charge in [0.2, 0.25) is 5.88 Å². The Labute approximate surface area is 128 Å². The van der Waals surface area contributed by atoms with Gasteiger partial charge in [0.1, 0.15) is 0 Å². The lowest BCUT2D eigenvalue weighted by atomic mass is 10.1. The number of rotatable bonds is 4. The van der Waals surface area contributed by atoms with E-state index in [1.807, 2.05) is 12.1 Å². The summed E-state index contributed by atoms with van der Waals surface area (Å²) in [6.07, 6.45) is 0.362. The van der Waals surface area contributed by atoms with Crippen LogP contribution in [0.4, 0.5) is 0 Å². The predicted octanol–water partition coefficient (Wildman–Crippen LogP) is 2.51. The van der Waals surface area contributed by atoms with Crippen LogP contribution in [-0.2, 0) is 11.3 Å². The van der Waals surface area contributed by atoms with Crippen molar-refractivity contribution in [3.63, 3.8) is 0 Å². The largest absolute Gasteiger partial charge is 0.480 e. The van der Waals surface area contributed by atoms with Crippen molar-refractivity contribution in [1.82, 2.24) is 15.1 Å². The molecule has 0 amide bonds. The van der Waals surface area contributed by atoms with E-state index in [0.29, 0.717) is 5.88 Å². The van der Waals surface area contributed by atoms with Crippen LogP contribution in [0.1, 0.15) is 24.3 Å². The molecule has 0 saturated carbocycles. The lowest BCUT2D eigenvalue weighted by Gasteiger charge is -2.36. The van der Waals surface area contributed by atoms with Crippen LogP contribution in [0.3, 0.4) is 0 Å². The van der Waals surface area contributed by atoms with Crippen LogP contribution < -0.4 is 4.74 Å². The number of nitrogens with zero attached hydrogens (tertiary/aromatic N) is 3. The normalized spacial score (nSPS) is 23.1. The summed E-state index contributed by atoms with van der Waals surface area (Å²) in [5, 5.41) is 12.5. The highest BCUT2D eigenvalue weighted by molar-refractivity contribution is 7.07. The van der Waals surface area contributed by atoms with E-state index in [4.69, 9.17) is 9.47 Å². The van der Waals surface area contributed by atoms with Crippen LogP contribution in [-0.4, -0.2) is 41.4 Å². The monoisotopic (exact) mass is 305 g/mol. The second-order valence-corrected chi connectivity index (χ2v) is 6.03. The molecule has 0 unspecified atom stereocenters.